The number of ether oxygens (including phenoxy) is 2. The zero-order valence-electron chi connectivity index (χ0n) is 10.3. The molecule has 1 saturated heterocycles. The zero-order chi connectivity index (χ0) is 12.8. The molecule has 100 valence electrons. The third-order valence-electron chi connectivity index (χ3n) is 3.10. The first-order valence-electron chi connectivity index (χ1n) is 6.23. The normalized spacial score (nSPS) is 18.5. The van der Waals surface area contributed by atoms with Gasteiger partial charge in [-0.2, -0.15) is 0 Å². The molecule has 1 aliphatic rings. The predicted molar refractivity (Wildman–Crippen MR) is 64.8 cm³/mol. The predicted octanol–water partition coefficient (Wildman–Crippen LogP) is 0.249. The third-order valence-corrected chi connectivity index (χ3v) is 3.10. The fourth-order valence-electron chi connectivity index (χ4n) is 1.94. The Bertz CT molecular complexity index is 361. The van der Waals surface area contributed by atoms with Gasteiger partial charge in [0.2, 0.25) is 0 Å². The van der Waals surface area contributed by atoms with E-state index < -0.39 is 6.04 Å². The van der Waals surface area contributed by atoms with Crippen LogP contribution in [0.1, 0.15) is 18.5 Å². The second-order valence-electron chi connectivity index (χ2n) is 4.57. The van der Waals surface area contributed by atoms with Crippen LogP contribution in [0.15, 0.2) is 12.5 Å². The number of carbonyl (C=O) groups is 1. The van der Waals surface area contributed by atoms with Crippen LogP contribution in [0.3, 0.4) is 0 Å². The lowest BCUT2D eigenvalue weighted by molar-refractivity contribution is -0.147. The van der Waals surface area contributed by atoms with Crippen molar-refractivity contribution in [3.05, 3.63) is 18.2 Å². The van der Waals surface area contributed by atoms with Gasteiger partial charge >= 0.3 is 5.97 Å². The van der Waals surface area contributed by atoms with Crippen molar-refractivity contribution in [1.29, 1.82) is 0 Å². The molecule has 3 N–H and O–H groups in total. The molecule has 1 aromatic heterocycles. The highest BCUT2D eigenvalue weighted by Gasteiger charge is 2.20. The largest absolute Gasteiger partial charge is 0.464 e. The van der Waals surface area contributed by atoms with Crippen LogP contribution in [0.5, 0.6) is 0 Å². The molecule has 0 saturated carbocycles. The highest BCUT2D eigenvalue weighted by Crippen LogP contribution is 2.15. The molecule has 1 fully saturated rings. The van der Waals surface area contributed by atoms with Crippen LogP contribution in [0.2, 0.25) is 0 Å². The monoisotopic (exact) mass is 253 g/mol. The Labute approximate surface area is 106 Å². The van der Waals surface area contributed by atoms with Crippen LogP contribution < -0.4 is 5.73 Å². The van der Waals surface area contributed by atoms with Crippen LogP contribution >= 0.6 is 0 Å². The van der Waals surface area contributed by atoms with E-state index in [4.69, 9.17) is 15.2 Å². The maximum absolute atomic E-state index is 11.7. The Morgan fingerprint density at radius 1 is 1.61 bits per heavy atom. The molecule has 0 bridgehead atoms. The number of aromatic amines is 1. The van der Waals surface area contributed by atoms with E-state index in [0.29, 0.717) is 18.9 Å². The molecule has 1 unspecified atom stereocenters. The van der Waals surface area contributed by atoms with Crippen LogP contribution in [-0.4, -0.2) is 41.8 Å². The molecule has 0 amide bonds. The van der Waals surface area contributed by atoms with Crippen LogP contribution in [0, 0.1) is 5.92 Å². The highest BCUT2D eigenvalue weighted by atomic mass is 16.5. The van der Waals surface area contributed by atoms with Crippen molar-refractivity contribution in [3.8, 4) is 0 Å². The van der Waals surface area contributed by atoms with E-state index in [-0.39, 0.29) is 5.97 Å². The van der Waals surface area contributed by atoms with Crippen molar-refractivity contribution >= 4 is 5.97 Å². The van der Waals surface area contributed by atoms with Gasteiger partial charge in [-0.25, -0.2) is 4.98 Å². The lowest BCUT2D eigenvalue weighted by Gasteiger charge is -2.22. The molecule has 0 aromatic carbocycles. The Morgan fingerprint density at radius 2 is 2.39 bits per heavy atom. The van der Waals surface area contributed by atoms with Crippen molar-refractivity contribution in [2.45, 2.75) is 25.3 Å². The van der Waals surface area contributed by atoms with Crippen LogP contribution in [0.25, 0.3) is 0 Å². The van der Waals surface area contributed by atoms with Crippen molar-refractivity contribution in [1.82, 2.24) is 9.97 Å². The average molecular weight is 253 g/mol. The maximum atomic E-state index is 11.7. The first kappa shape index (κ1) is 13.0. The van der Waals surface area contributed by atoms with Crippen LogP contribution in [0.4, 0.5) is 0 Å². The zero-order valence-corrected chi connectivity index (χ0v) is 10.3. The van der Waals surface area contributed by atoms with E-state index in [2.05, 4.69) is 9.97 Å². The molecule has 1 atom stereocenters. The van der Waals surface area contributed by atoms with Gasteiger partial charge in [0.1, 0.15) is 6.04 Å². The van der Waals surface area contributed by atoms with E-state index >= 15 is 0 Å². The first-order chi connectivity index (χ1) is 8.75. The third kappa shape index (κ3) is 3.82. The summed E-state index contributed by atoms with van der Waals surface area (Å²) >= 11 is 0. The summed E-state index contributed by atoms with van der Waals surface area (Å²) in [5.41, 5.74) is 6.62. The number of esters is 1. The minimum absolute atomic E-state index is 0.351. The van der Waals surface area contributed by atoms with Gasteiger partial charge in [-0.15, -0.1) is 0 Å². The van der Waals surface area contributed by atoms with Crippen molar-refractivity contribution in [3.63, 3.8) is 0 Å². The van der Waals surface area contributed by atoms with Gasteiger partial charge < -0.3 is 20.2 Å². The summed E-state index contributed by atoms with van der Waals surface area (Å²) in [6.45, 7) is 1.95. The van der Waals surface area contributed by atoms with Crippen LogP contribution in [-0.2, 0) is 20.7 Å². The molecule has 18 heavy (non-hydrogen) atoms. The molecule has 2 heterocycles. The highest BCUT2D eigenvalue weighted by molar-refractivity contribution is 5.75. The number of nitrogens with one attached hydrogen (secondary N) is 1. The average Bonchev–Trinajstić information content (AvgIpc) is 2.90. The Balaban J connectivity index is 1.70. The van der Waals surface area contributed by atoms with Crippen molar-refractivity contribution < 1.29 is 14.3 Å². The summed E-state index contributed by atoms with van der Waals surface area (Å²) in [4.78, 5) is 18.5. The smallest absolute Gasteiger partial charge is 0.323 e. The lowest BCUT2D eigenvalue weighted by atomic mass is 10.0. The van der Waals surface area contributed by atoms with E-state index in [0.717, 1.165) is 31.7 Å². The molecule has 0 radical (unpaired) electrons. The van der Waals surface area contributed by atoms with Gasteiger partial charge in [0.25, 0.3) is 0 Å². The summed E-state index contributed by atoms with van der Waals surface area (Å²) in [5.74, 6) is 0.0538. The topological polar surface area (TPSA) is 90.2 Å². The lowest BCUT2D eigenvalue weighted by Crippen LogP contribution is -2.36. The number of rotatable bonds is 5. The fourth-order valence-corrected chi connectivity index (χ4v) is 1.94. The van der Waals surface area contributed by atoms with E-state index in [9.17, 15) is 4.79 Å². The molecule has 6 nitrogen and oxygen atoms in total. The van der Waals surface area contributed by atoms with Gasteiger partial charge in [0.15, 0.2) is 0 Å². The second-order valence-corrected chi connectivity index (χ2v) is 4.57. The summed E-state index contributed by atoms with van der Waals surface area (Å²) < 4.78 is 10.5. The first-order valence-corrected chi connectivity index (χ1v) is 6.23. The van der Waals surface area contributed by atoms with Crippen molar-refractivity contribution in [2.24, 2.45) is 11.7 Å². The molecule has 1 aliphatic heterocycles. The molecule has 2 rings (SSSR count). The number of aromatic nitrogens is 2. The molecular weight excluding hydrogens is 234 g/mol. The number of hydrogen-bond acceptors (Lipinski definition) is 5. The number of nitrogens with zero attached hydrogens (tertiary/aromatic N) is 1. The Kier molecular flexibility index (Phi) is 4.72. The molecule has 1 aromatic rings. The van der Waals surface area contributed by atoms with Gasteiger partial charge in [-0.3, -0.25) is 4.79 Å². The standard InChI is InChI=1S/C12H19N3O3/c13-11(5-10-6-14-8-15-10)12(16)18-7-9-1-3-17-4-2-9/h6,8-9,11H,1-5,7,13H2,(H,14,15). The van der Waals surface area contributed by atoms with Gasteiger partial charge in [0.05, 0.1) is 12.9 Å². The summed E-state index contributed by atoms with van der Waals surface area (Å²) in [5, 5.41) is 0. The van der Waals surface area contributed by atoms with Gasteiger partial charge in [-0.1, -0.05) is 0 Å². The summed E-state index contributed by atoms with van der Waals surface area (Å²) in [6, 6.07) is -0.634. The molecule has 6 heteroatoms. The quantitative estimate of drug-likeness (QED) is 0.734. The Hall–Kier alpha value is -1.40. The number of hydrogen-bond donors (Lipinski definition) is 2. The number of carbonyl (C=O) groups excluding carboxylic acids is 1. The minimum Gasteiger partial charge on any atom is -0.464 e. The minimum atomic E-state index is -0.634. The number of imidazole rings is 1. The van der Waals surface area contributed by atoms with E-state index in [1.165, 1.54) is 0 Å². The SMILES string of the molecule is NC(Cc1cnc[nH]1)C(=O)OCC1CCOCC1. The number of H-pyrrole nitrogens is 1. The Morgan fingerprint density at radius 3 is 3.06 bits per heavy atom. The fraction of sp³-hybridized carbons (Fsp3) is 0.667. The maximum Gasteiger partial charge on any atom is 0.323 e. The van der Waals surface area contributed by atoms with Gasteiger partial charge in [-0.05, 0) is 18.8 Å². The van der Waals surface area contributed by atoms with Gasteiger partial charge in [0, 0.05) is 31.5 Å². The second kappa shape index (κ2) is 6.51. The van der Waals surface area contributed by atoms with E-state index in [1.807, 2.05) is 0 Å². The molecule has 0 spiro atoms. The summed E-state index contributed by atoms with van der Waals surface area (Å²) in [7, 11) is 0. The number of nitrogens with two attached hydrogens (primary N) is 1. The van der Waals surface area contributed by atoms with E-state index in [1.54, 1.807) is 12.5 Å². The molecule has 0 aliphatic carbocycles. The molecular formula is C12H19N3O3. The summed E-state index contributed by atoms with van der Waals surface area (Å²) in [6.07, 6.45) is 5.54. The van der Waals surface area contributed by atoms with Crippen molar-refractivity contribution in [2.75, 3.05) is 19.8 Å².